The zero-order chi connectivity index (χ0) is 25.0. The Morgan fingerprint density at radius 3 is 2.00 bits per heavy atom. The fourth-order valence-corrected chi connectivity index (χ4v) is 3.20. The van der Waals surface area contributed by atoms with Gasteiger partial charge >= 0.3 is 12.1 Å². The van der Waals surface area contributed by atoms with Crippen LogP contribution in [0.2, 0.25) is 0 Å². The van der Waals surface area contributed by atoms with Crippen LogP contribution in [0.3, 0.4) is 0 Å². The number of benzene rings is 2. The summed E-state index contributed by atoms with van der Waals surface area (Å²) in [5.74, 6) is -4.85. The Balaban J connectivity index is 2.16. The predicted molar refractivity (Wildman–Crippen MR) is 111 cm³/mol. The first-order valence-electron chi connectivity index (χ1n) is 9.77. The minimum absolute atomic E-state index is 0.126. The number of halogens is 5. The first-order valence-corrected chi connectivity index (χ1v) is 9.77. The Morgan fingerprint density at radius 1 is 0.971 bits per heavy atom. The lowest BCUT2D eigenvalue weighted by Gasteiger charge is -2.12. The zero-order valence-electron chi connectivity index (χ0n) is 17.3. The number of imidazole rings is 1. The van der Waals surface area contributed by atoms with Crippen LogP contribution in [0, 0.1) is 11.6 Å². The van der Waals surface area contributed by atoms with Gasteiger partial charge in [0, 0.05) is 23.7 Å². The highest BCUT2D eigenvalue weighted by Gasteiger charge is 2.39. The highest BCUT2D eigenvalue weighted by Crippen LogP contribution is 2.39. The lowest BCUT2D eigenvalue weighted by molar-refractivity contribution is -0.145. The summed E-state index contributed by atoms with van der Waals surface area (Å²) >= 11 is 0. The molecule has 2 aromatic carbocycles. The van der Waals surface area contributed by atoms with Crippen molar-refractivity contribution in [3.05, 3.63) is 72.1 Å². The van der Waals surface area contributed by atoms with E-state index in [2.05, 4.69) is 4.98 Å². The molecule has 1 atom stereocenters. The molecule has 0 aliphatic heterocycles. The summed E-state index contributed by atoms with van der Waals surface area (Å²) in [7, 11) is 0. The Bertz CT molecular complexity index is 1220. The lowest BCUT2D eigenvalue weighted by atomic mass is 10.0. The second-order valence-electron chi connectivity index (χ2n) is 7.24. The number of aliphatic carboxylic acids is 1. The lowest BCUT2D eigenvalue weighted by Crippen LogP contribution is -2.15. The SMILES string of the molecule is O=C(O)CC(=O)CC(O)/C=C/n1c(C(F)(F)F)nc(-c2ccc(F)cc2)c1-c1ccc(F)cc1. The van der Waals surface area contributed by atoms with Gasteiger partial charge < -0.3 is 10.2 Å². The van der Waals surface area contributed by atoms with E-state index in [0.29, 0.717) is 4.57 Å². The molecular formula is C23H17F5N2O4. The molecule has 0 spiro atoms. The minimum atomic E-state index is -4.96. The van der Waals surface area contributed by atoms with Gasteiger partial charge in [-0.15, -0.1) is 0 Å². The van der Waals surface area contributed by atoms with E-state index < -0.39 is 54.3 Å². The van der Waals surface area contributed by atoms with Gasteiger partial charge in [-0.3, -0.25) is 14.2 Å². The van der Waals surface area contributed by atoms with Gasteiger partial charge in [-0.05, 0) is 54.6 Å². The van der Waals surface area contributed by atoms with Crippen molar-refractivity contribution in [3.63, 3.8) is 0 Å². The van der Waals surface area contributed by atoms with Gasteiger partial charge in [-0.1, -0.05) is 0 Å². The van der Waals surface area contributed by atoms with Crippen molar-refractivity contribution in [2.24, 2.45) is 0 Å². The van der Waals surface area contributed by atoms with Crippen LogP contribution in [0.1, 0.15) is 18.7 Å². The maximum atomic E-state index is 13.9. The molecule has 0 bridgehead atoms. The molecule has 1 unspecified atom stereocenters. The van der Waals surface area contributed by atoms with Gasteiger partial charge in [0.25, 0.3) is 0 Å². The number of rotatable bonds is 8. The van der Waals surface area contributed by atoms with Gasteiger partial charge in [0.1, 0.15) is 23.8 Å². The fourth-order valence-electron chi connectivity index (χ4n) is 3.20. The van der Waals surface area contributed by atoms with Crippen LogP contribution in [0.25, 0.3) is 28.7 Å². The third-order valence-corrected chi connectivity index (χ3v) is 4.64. The zero-order valence-corrected chi connectivity index (χ0v) is 17.3. The second-order valence-corrected chi connectivity index (χ2v) is 7.24. The molecule has 6 nitrogen and oxygen atoms in total. The number of nitrogens with zero attached hydrogens (tertiary/aromatic N) is 2. The number of hydrogen-bond donors (Lipinski definition) is 2. The van der Waals surface area contributed by atoms with Gasteiger partial charge in [0.05, 0.1) is 17.5 Å². The summed E-state index contributed by atoms with van der Waals surface area (Å²) in [5.41, 5.74) is -0.0142. The number of aliphatic hydroxyl groups excluding tert-OH is 1. The van der Waals surface area contributed by atoms with Crippen molar-refractivity contribution in [1.29, 1.82) is 0 Å². The number of carboxylic acid groups (broad SMARTS) is 1. The van der Waals surface area contributed by atoms with Crippen LogP contribution in [0.4, 0.5) is 22.0 Å². The van der Waals surface area contributed by atoms with E-state index in [1.165, 1.54) is 24.3 Å². The molecule has 178 valence electrons. The average Bonchev–Trinajstić information content (AvgIpc) is 3.12. The normalized spacial score (nSPS) is 12.8. The third-order valence-electron chi connectivity index (χ3n) is 4.64. The van der Waals surface area contributed by atoms with E-state index in [9.17, 15) is 36.6 Å². The summed E-state index contributed by atoms with van der Waals surface area (Å²) in [6.45, 7) is 0. The molecule has 0 amide bonds. The molecule has 3 aromatic rings. The Morgan fingerprint density at radius 2 is 1.50 bits per heavy atom. The van der Waals surface area contributed by atoms with Crippen molar-refractivity contribution < 1.29 is 41.8 Å². The molecule has 1 heterocycles. The summed E-state index contributed by atoms with van der Waals surface area (Å²) in [6, 6.07) is 9.10. The highest BCUT2D eigenvalue weighted by atomic mass is 19.4. The standard InChI is InChI=1S/C23H17F5N2O4/c24-15-5-1-13(2-6-15)20-21(14-3-7-16(25)8-4-14)30(22(29-20)23(26,27)28)10-9-17(31)11-18(32)12-19(33)34/h1-10,17,31H,11-12H2,(H,33,34)/b10-9+. The fraction of sp³-hybridized carbons (Fsp3) is 0.174. The number of carbonyl (C=O) groups excluding carboxylic acids is 1. The topological polar surface area (TPSA) is 92.4 Å². The van der Waals surface area contributed by atoms with Crippen LogP contribution in [0.5, 0.6) is 0 Å². The van der Waals surface area contributed by atoms with E-state index >= 15 is 0 Å². The number of aliphatic hydroxyl groups is 1. The number of alkyl halides is 3. The summed E-state index contributed by atoms with van der Waals surface area (Å²) in [5, 5.41) is 18.7. The Labute approximate surface area is 189 Å². The van der Waals surface area contributed by atoms with E-state index in [-0.39, 0.29) is 22.5 Å². The molecule has 3 rings (SSSR count). The minimum Gasteiger partial charge on any atom is -0.481 e. The van der Waals surface area contributed by atoms with Crippen molar-refractivity contribution in [1.82, 2.24) is 9.55 Å². The number of ketones is 1. The van der Waals surface area contributed by atoms with Gasteiger partial charge in [-0.2, -0.15) is 13.2 Å². The molecule has 1 aromatic heterocycles. The third kappa shape index (κ3) is 5.93. The molecule has 0 aliphatic rings. The maximum Gasteiger partial charge on any atom is 0.450 e. The Kier molecular flexibility index (Phi) is 7.26. The average molecular weight is 480 g/mol. The largest absolute Gasteiger partial charge is 0.481 e. The first-order chi connectivity index (χ1) is 16.0. The quantitative estimate of drug-likeness (QED) is 0.358. The van der Waals surface area contributed by atoms with Gasteiger partial charge in [0.15, 0.2) is 0 Å². The second kappa shape index (κ2) is 9.96. The van der Waals surface area contributed by atoms with Crippen LogP contribution in [-0.4, -0.2) is 37.6 Å². The summed E-state index contributed by atoms with van der Waals surface area (Å²) < 4.78 is 69.1. The molecule has 0 aliphatic carbocycles. The van der Waals surface area contributed by atoms with Gasteiger partial charge in [0.2, 0.25) is 5.82 Å². The van der Waals surface area contributed by atoms with E-state index in [1.807, 2.05) is 0 Å². The Hall–Kier alpha value is -3.86. The van der Waals surface area contributed by atoms with Crippen LogP contribution in [-0.2, 0) is 15.8 Å². The highest BCUT2D eigenvalue weighted by molar-refractivity contribution is 5.95. The predicted octanol–water partition coefficient (Wildman–Crippen LogP) is 4.78. The maximum absolute atomic E-state index is 13.9. The molecule has 0 saturated carbocycles. The smallest absolute Gasteiger partial charge is 0.450 e. The molecule has 11 heteroatoms. The number of hydrogen-bond acceptors (Lipinski definition) is 4. The van der Waals surface area contributed by atoms with Crippen molar-refractivity contribution in [3.8, 4) is 22.5 Å². The van der Waals surface area contributed by atoms with Gasteiger partial charge in [-0.25, -0.2) is 13.8 Å². The number of aromatic nitrogens is 2. The summed E-state index contributed by atoms with van der Waals surface area (Å²) in [6.07, 6.45) is -6.28. The molecular weight excluding hydrogens is 463 g/mol. The van der Waals surface area contributed by atoms with Crippen molar-refractivity contribution in [2.75, 3.05) is 0 Å². The molecule has 0 fully saturated rings. The summed E-state index contributed by atoms with van der Waals surface area (Å²) in [4.78, 5) is 25.9. The molecule has 2 N–H and O–H groups in total. The molecule has 0 radical (unpaired) electrons. The van der Waals surface area contributed by atoms with E-state index in [4.69, 9.17) is 5.11 Å². The monoisotopic (exact) mass is 480 g/mol. The van der Waals surface area contributed by atoms with Crippen LogP contribution in [0.15, 0.2) is 54.6 Å². The number of carboxylic acids is 1. The van der Waals surface area contributed by atoms with Crippen LogP contribution < -0.4 is 0 Å². The molecule has 34 heavy (non-hydrogen) atoms. The number of Topliss-reactive ketones (excluding diaryl/α,β-unsaturated/α-hetero) is 1. The van der Waals surface area contributed by atoms with Crippen molar-refractivity contribution >= 4 is 18.0 Å². The number of carbonyl (C=O) groups is 2. The first kappa shape index (κ1) is 24.8. The van der Waals surface area contributed by atoms with Crippen LogP contribution >= 0.6 is 0 Å². The van der Waals surface area contributed by atoms with E-state index in [1.54, 1.807) is 0 Å². The van der Waals surface area contributed by atoms with Crippen molar-refractivity contribution in [2.45, 2.75) is 25.1 Å². The van der Waals surface area contributed by atoms with E-state index in [0.717, 1.165) is 36.5 Å². The molecule has 0 saturated heterocycles.